The number of nitrogens with two attached hydrogens (primary N) is 1. The van der Waals surface area contributed by atoms with E-state index in [1.807, 2.05) is 0 Å². The second-order valence-corrected chi connectivity index (χ2v) is 7.67. The van der Waals surface area contributed by atoms with Gasteiger partial charge in [0.15, 0.2) is 0 Å². The van der Waals surface area contributed by atoms with Crippen LogP contribution in [-0.4, -0.2) is 21.5 Å². The number of nitrogen functional groups attached to an aromatic ring is 1. The van der Waals surface area contributed by atoms with Crippen LogP contribution in [0.25, 0.3) is 0 Å². The molecular weight excluding hydrogens is 286 g/mol. The molecule has 3 unspecified atom stereocenters. The van der Waals surface area contributed by atoms with Crippen molar-refractivity contribution in [3.63, 3.8) is 0 Å². The van der Waals surface area contributed by atoms with Gasteiger partial charge in [-0.2, -0.15) is 0 Å². The molecule has 1 aromatic carbocycles. The number of nitrogens with one attached hydrogen (secondary N) is 2. The molecule has 0 aromatic heterocycles. The van der Waals surface area contributed by atoms with Gasteiger partial charge in [0, 0.05) is 11.7 Å². The normalized spacial score (nSPS) is 26.0. The highest BCUT2D eigenvalue weighted by atomic mass is 32.2. The zero-order valence-corrected chi connectivity index (χ0v) is 13.7. The smallest absolute Gasteiger partial charge is 0.242 e. The molecular formula is C15H25N3O2S. The van der Waals surface area contributed by atoms with E-state index >= 15 is 0 Å². The van der Waals surface area contributed by atoms with Gasteiger partial charge in [-0.05, 0) is 49.9 Å². The lowest BCUT2D eigenvalue weighted by Gasteiger charge is -2.22. The highest BCUT2D eigenvalue weighted by molar-refractivity contribution is 7.89. The molecule has 1 aliphatic carbocycles. The Bertz CT molecular complexity index is 601. The van der Waals surface area contributed by atoms with E-state index in [4.69, 9.17) is 5.73 Å². The van der Waals surface area contributed by atoms with E-state index in [1.165, 1.54) is 19.9 Å². The van der Waals surface area contributed by atoms with Crippen LogP contribution < -0.4 is 15.8 Å². The van der Waals surface area contributed by atoms with Gasteiger partial charge in [0.2, 0.25) is 10.0 Å². The third-order valence-corrected chi connectivity index (χ3v) is 6.16. The molecule has 2 rings (SSSR count). The average Bonchev–Trinajstić information content (AvgIpc) is 2.79. The lowest BCUT2D eigenvalue weighted by Crippen LogP contribution is -2.25. The molecule has 21 heavy (non-hydrogen) atoms. The van der Waals surface area contributed by atoms with Crippen LogP contribution in [0.2, 0.25) is 0 Å². The molecule has 3 atom stereocenters. The standard InChI is InChI=1S/C15H25N3O2S/c1-4-11-5-7-14(10(11)2)18-12-6-8-15(13(16)9-12)21(19,20)17-3/h6,8-11,14,17-18H,4-5,7,16H2,1-3H3. The van der Waals surface area contributed by atoms with Crippen molar-refractivity contribution < 1.29 is 8.42 Å². The van der Waals surface area contributed by atoms with Crippen molar-refractivity contribution in [2.24, 2.45) is 11.8 Å². The summed E-state index contributed by atoms with van der Waals surface area (Å²) in [7, 11) is -2.12. The van der Waals surface area contributed by atoms with E-state index in [0.717, 1.165) is 18.0 Å². The summed E-state index contributed by atoms with van der Waals surface area (Å²) in [6, 6.07) is 5.48. The SMILES string of the molecule is CCC1CCC(Nc2ccc(S(=O)(=O)NC)c(N)c2)C1C. The summed E-state index contributed by atoms with van der Waals surface area (Å²) in [5, 5.41) is 3.50. The van der Waals surface area contributed by atoms with E-state index in [2.05, 4.69) is 23.9 Å². The summed E-state index contributed by atoms with van der Waals surface area (Å²) in [4.78, 5) is 0.126. The predicted molar refractivity (Wildman–Crippen MR) is 86.7 cm³/mol. The highest BCUT2D eigenvalue weighted by Crippen LogP contribution is 2.36. The van der Waals surface area contributed by atoms with Gasteiger partial charge in [-0.25, -0.2) is 13.1 Å². The van der Waals surface area contributed by atoms with Gasteiger partial charge in [0.25, 0.3) is 0 Å². The third-order valence-electron chi connectivity index (χ3n) is 4.67. The maximum absolute atomic E-state index is 11.8. The summed E-state index contributed by atoms with van der Waals surface area (Å²) in [6.45, 7) is 4.51. The Hall–Kier alpha value is -1.27. The number of sulfonamides is 1. The predicted octanol–water partition coefficient (Wildman–Crippen LogP) is 2.41. The van der Waals surface area contributed by atoms with Crippen LogP contribution in [0.4, 0.5) is 11.4 Å². The van der Waals surface area contributed by atoms with Crippen molar-refractivity contribution in [1.29, 1.82) is 0 Å². The van der Waals surface area contributed by atoms with E-state index in [9.17, 15) is 8.42 Å². The molecule has 4 N–H and O–H groups in total. The fourth-order valence-electron chi connectivity index (χ4n) is 3.23. The number of hydrogen-bond donors (Lipinski definition) is 3. The summed E-state index contributed by atoms with van der Waals surface area (Å²) < 4.78 is 25.9. The van der Waals surface area contributed by atoms with Crippen molar-refractivity contribution in [3.8, 4) is 0 Å². The first-order valence-electron chi connectivity index (χ1n) is 7.48. The lowest BCUT2D eigenvalue weighted by atomic mass is 9.93. The Morgan fingerprint density at radius 1 is 1.33 bits per heavy atom. The van der Waals surface area contributed by atoms with Gasteiger partial charge in [-0.3, -0.25) is 0 Å². The van der Waals surface area contributed by atoms with Gasteiger partial charge >= 0.3 is 0 Å². The molecule has 0 heterocycles. The lowest BCUT2D eigenvalue weighted by molar-refractivity contribution is 0.392. The first-order valence-corrected chi connectivity index (χ1v) is 8.97. The van der Waals surface area contributed by atoms with Crippen LogP contribution in [0.15, 0.2) is 23.1 Å². The molecule has 5 nitrogen and oxygen atoms in total. The van der Waals surface area contributed by atoms with Crippen molar-refractivity contribution in [2.45, 2.75) is 44.0 Å². The Labute approximate surface area is 127 Å². The third kappa shape index (κ3) is 3.32. The summed E-state index contributed by atoms with van der Waals surface area (Å²) in [5.41, 5.74) is 7.04. The summed E-state index contributed by atoms with van der Waals surface area (Å²) >= 11 is 0. The monoisotopic (exact) mass is 311 g/mol. The Morgan fingerprint density at radius 2 is 2.05 bits per heavy atom. The van der Waals surface area contributed by atoms with Gasteiger partial charge in [0.05, 0.1) is 5.69 Å². The fraction of sp³-hybridized carbons (Fsp3) is 0.600. The topological polar surface area (TPSA) is 84.2 Å². The average molecular weight is 311 g/mol. The molecule has 0 radical (unpaired) electrons. The number of benzene rings is 1. The molecule has 0 bridgehead atoms. The maximum Gasteiger partial charge on any atom is 0.242 e. The van der Waals surface area contributed by atoms with E-state index in [1.54, 1.807) is 18.2 Å². The van der Waals surface area contributed by atoms with Gasteiger partial charge in [-0.1, -0.05) is 20.3 Å². The zero-order chi connectivity index (χ0) is 15.6. The maximum atomic E-state index is 11.8. The van der Waals surface area contributed by atoms with Crippen LogP contribution >= 0.6 is 0 Å². The second-order valence-electron chi connectivity index (χ2n) is 5.82. The molecule has 1 saturated carbocycles. The first kappa shape index (κ1) is 16.1. The number of hydrogen-bond acceptors (Lipinski definition) is 4. The minimum atomic E-state index is -3.50. The largest absolute Gasteiger partial charge is 0.398 e. The van der Waals surface area contributed by atoms with Crippen molar-refractivity contribution in [3.05, 3.63) is 18.2 Å². The van der Waals surface area contributed by atoms with E-state index in [-0.39, 0.29) is 10.6 Å². The van der Waals surface area contributed by atoms with Crippen molar-refractivity contribution in [2.75, 3.05) is 18.1 Å². The van der Waals surface area contributed by atoms with Crippen LogP contribution in [-0.2, 0) is 10.0 Å². The Kier molecular flexibility index (Phi) is 4.78. The molecule has 6 heteroatoms. The van der Waals surface area contributed by atoms with Crippen LogP contribution in [0.5, 0.6) is 0 Å². The van der Waals surface area contributed by atoms with Crippen LogP contribution in [0.1, 0.15) is 33.1 Å². The van der Waals surface area contributed by atoms with Gasteiger partial charge in [-0.15, -0.1) is 0 Å². The molecule has 0 spiro atoms. The quantitative estimate of drug-likeness (QED) is 0.729. The minimum absolute atomic E-state index is 0.126. The second kappa shape index (κ2) is 6.23. The van der Waals surface area contributed by atoms with E-state index < -0.39 is 10.0 Å². The summed E-state index contributed by atoms with van der Waals surface area (Å²) in [5.74, 6) is 1.39. The number of anilines is 2. The van der Waals surface area contributed by atoms with Crippen LogP contribution in [0.3, 0.4) is 0 Å². The minimum Gasteiger partial charge on any atom is -0.398 e. The number of rotatable bonds is 5. The molecule has 1 fully saturated rings. The molecule has 1 aliphatic rings. The molecule has 0 saturated heterocycles. The van der Waals surface area contributed by atoms with Crippen molar-refractivity contribution in [1.82, 2.24) is 4.72 Å². The zero-order valence-electron chi connectivity index (χ0n) is 12.9. The molecule has 118 valence electrons. The Balaban J connectivity index is 2.15. The van der Waals surface area contributed by atoms with Crippen LogP contribution in [0, 0.1) is 11.8 Å². The highest BCUT2D eigenvalue weighted by Gasteiger charge is 2.31. The fourth-order valence-corrected chi connectivity index (χ4v) is 4.07. The molecule has 1 aromatic rings. The van der Waals surface area contributed by atoms with Gasteiger partial charge in [0.1, 0.15) is 4.90 Å². The molecule has 0 aliphatic heterocycles. The first-order chi connectivity index (χ1) is 9.89. The van der Waals surface area contributed by atoms with E-state index in [0.29, 0.717) is 12.0 Å². The van der Waals surface area contributed by atoms with Gasteiger partial charge < -0.3 is 11.1 Å². The molecule has 0 amide bonds. The van der Waals surface area contributed by atoms with Crippen molar-refractivity contribution >= 4 is 21.4 Å². The summed E-state index contributed by atoms with van der Waals surface area (Å²) in [6.07, 6.45) is 3.61. The Morgan fingerprint density at radius 3 is 2.57 bits per heavy atom.